The molecule has 0 spiro atoms. The third-order valence-electron chi connectivity index (χ3n) is 3.67. The average Bonchev–Trinajstić information content (AvgIpc) is 3.10. The number of rotatable bonds is 3. The average molecular weight is 316 g/mol. The SMILES string of the molecule is N#Cc1c(-c2ccccc2)cc(-c2cc(CO)on2)c(C#N)c1N. The topological polar surface area (TPSA) is 120 Å². The van der Waals surface area contributed by atoms with Gasteiger partial charge < -0.3 is 15.4 Å². The molecular formula is C18H12N4O2. The Balaban J connectivity index is 2.32. The molecule has 0 unspecified atom stereocenters. The first kappa shape index (κ1) is 15.3. The first-order valence-corrected chi connectivity index (χ1v) is 7.08. The summed E-state index contributed by atoms with van der Waals surface area (Å²) in [7, 11) is 0. The van der Waals surface area contributed by atoms with E-state index < -0.39 is 0 Å². The molecule has 6 heteroatoms. The number of hydrogen-bond acceptors (Lipinski definition) is 6. The van der Waals surface area contributed by atoms with E-state index >= 15 is 0 Å². The van der Waals surface area contributed by atoms with Crippen LogP contribution in [0.4, 0.5) is 5.69 Å². The Hall–Kier alpha value is -3.61. The molecule has 2 aromatic carbocycles. The van der Waals surface area contributed by atoms with Gasteiger partial charge in [-0.25, -0.2) is 0 Å². The van der Waals surface area contributed by atoms with Crippen LogP contribution in [0.5, 0.6) is 0 Å². The monoisotopic (exact) mass is 316 g/mol. The quantitative estimate of drug-likeness (QED) is 0.717. The van der Waals surface area contributed by atoms with E-state index in [9.17, 15) is 10.5 Å². The normalized spacial score (nSPS) is 10.1. The number of hydrogen-bond donors (Lipinski definition) is 2. The van der Waals surface area contributed by atoms with Crippen LogP contribution < -0.4 is 5.73 Å². The summed E-state index contributed by atoms with van der Waals surface area (Å²) in [5.74, 6) is 0.276. The van der Waals surface area contributed by atoms with Crippen molar-refractivity contribution in [2.24, 2.45) is 0 Å². The zero-order valence-electron chi connectivity index (χ0n) is 12.5. The van der Waals surface area contributed by atoms with Crippen LogP contribution in [0, 0.1) is 22.7 Å². The summed E-state index contributed by atoms with van der Waals surface area (Å²) in [5, 5.41) is 31.9. The molecule has 1 aromatic heterocycles. The van der Waals surface area contributed by atoms with E-state index in [1.54, 1.807) is 6.07 Å². The van der Waals surface area contributed by atoms with Crippen molar-refractivity contribution in [2.75, 3.05) is 5.73 Å². The van der Waals surface area contributed by atoms with E-state index in [4.69, 9.17) is 15.4 Å². The molecule has 0 saturated carbocycles. The van der Waals surface area contributed by atoms with Gasteiger partial charge in [0, 0.05) is 17.2 Å². The minimum absolute atomic E-state index is 0.102. The Kier molecular flexibility index (Phi) is 3.98. The van der Waals surface area contributed by atoms with Gasteiger partial charge in [-0.2, -0.15) is 10.5 Å². The molecule has 24 heavy (non-hydrogen) atoms. The van der Waals surface area contributed by atoms with Gasteiger partial charge in [-0.3, -0.25) is 0 Å². The van der Waals surface area contributed by atoms with Crippen LogP contribution in [0.2, 0.25) is 0 Å². The van der Waals surface area contributed by atoms with E-state index in [1.165, 1.54) is 6.07 Å². The molecule has 0 aliphatic carbocycles. The molecule has 0 amide bonds. The highest BCUT2D eigenvalue weighted by atomic mass is 16.5. The lowest BCUT2D eigenvalue weighted by Gasteiger charge is -2.12. The highest BCUT2D eigenvalue weighted by Crippen LogP contribution is 2.36. The Morgan fingerprint density at radius 2 is 1.71 bits per heavy atom. The van der Waals surface area contributed by atoms with Crippen molar-refractivity contribution >= 4 is 5.69 Å². The van der Waals surface area contributed by atoms with Crippen LogP contribution in [-0.4, -0.2) is 10.3 Å². The van der Waals surface area contributed by atoms with Crippen LogP contribution in [0.25, 0.3) is 22.4 Å². The molecule has 0 radical (unpaired) electrons. The molecule has 0 atom stereocenters. The van der Waals surface area contributed by atoms with Crippen LogP contribution in [0.15, 0.2) is 47.0 Å². The molecule has 3 N–H and O–H groups in total. The Labute approximate surface area is 138 Å². The lowest BCUT2D eigenvalue weighted by molar-refractivity contribution is 0.229. The second-order valence-electron chi connectivity index (χ2n) is 5.06. The van der Waals surface area contributed by atoms with Gasteiger partial charge in [0.1, 0.15) is 24.4 Å². The predicted octanol–water partition coefficient (Wildman–Crippen LogP) is 2.83. The fourth-order valence-electron chi connectivity index (χ4n) is 2.51. The molecule has 116 valence electrons. The molecule has 3 rings (SSSR count). The number of aliphatic hydroxyl groups is 1. The molecule has 0 aliphatic heterocycles. The van der Waals surface area contributed by atoms with Crippen molar-refractivity contribution in [1.29, 1.82) is 10.5 Å². The van der Waals surface area contributed by atoms with Crippen LogP contribution in [0.3, 0.4) is 0 Å². The number of aliphatic hydroxyl groups excluding tert-OH is 1. The van der Waals surface area contributed by atoms with Crippen molar-refractivity contribution in [3.63, 3.8) is 0 Å². The number of nitriles is 2. The van der Waals surface area contributed by atoms with Gasteiger partial charge in [0.15, 0.2) is 5.76 Å². The predicted molar refractivity (Wildman–Crippen MR) is 87.1 cm³/mol. The molecule has 6 nitrogen and oxygen atoms in total. The lowest BCUT2D eigenvalue weighted by Crippen LogP contribution is -2.00. The molecule has 3 aromatic rings. The Morgan fingerprint density at radius 3 is 2.29 bits per heavy atom. The molecule has 1 heterocycles. The van der Waals surface area contributed by atoms with Crippen molar-refractivity contribution in [3.8, 4) is 34.5 Å². The third kappa shape index (κ3) is 2.48. The van der Waals surface area contributed by atoms with E-state index in [2.05, 4.69) is 11.2 Å². The first-order valence-electron chi connectivity index (χ1n) is 7.08. The van der Waals surface area contributed by atoms with E-state index in [1.807, 2.05) is 36.4 Å². The number of nitrogens with two attached hydrogens (primary N) is 1. The van der Waals surface area contributed by atoms with Gasteiger partial charge in [-0.15, -0.1) is 0 Å². The molecular weight excluding hydrogens is 304 g/mol. The highest BCUT2D eigenvalue weighted by molar-refractivity contribution is 5.88. The Morgan fingerprint density at radius 1 is 1.04 bits per heavy atom. The maximum Gasteiger partial charge on any atom is 0.162 e. The van der Waals surface area contributed by atoms with Crippen molar-refractivity contribution in [3.05, 3.63) is 59.4 Å². The summed E-state index contributed by atoms with van der Waals surface area (Å²) in [4.78, 5) is 0. The maximum absolute atomic E-state index is 9.48. The molecule has 0 saturated heterocycles. The Bertz CT molecular complexity index is 979. The highest BCUT2D eigenvalue weighted by Gasteiger charge is 2.20. The minimum Gasteiger partial charge on any atom is -0.397 e. The molecule has 0 bridgehead atoms. The van der Waals surface area contributed by atoms with Gasteiger partial charge >= 0.3 is 0 Å². The van der Waals surface area contributed by atoms with Crippen molar-refractivity contribution < 1.29 is 9.63 Å². The number of nitrogen functional groups attached to an aromatic ring is 1. The smallest absolute Gasteiger partial charge is 0.162 e. The summed E-state index contributed by atoms with van der Waals surface area (Å²) < 4.78 is 4.99. The van der Waals surface area contributed by atoms with Crippen LogP contribution in [-0.2, 0) is 6.61 Å². The summed E-state index contributed by atoms with van der Waals surface area (Å²) >= 11 is 0. The number of benzene rings is 2. The zero-order valence-corrected chi connectivity index (χ0v) is 12.5. The summed E-state index contributed by atoms with van der Waals surface area (Å²) in [6, 6.07) is 16.6. The van der Waals surface area contributed by atoms with Gasteiger partial charge in [0.25, 0.3) is 0 Å². The first-order chi connectivity index (χ1) is 11.7. The van der Waals surface area contributed by atoms with E-state index in [0.717, 1.165) is 5.56 Å². The maximum atomic E-state index is 9.48. The van der Waals surface area contributed by atoms with Gasteiger partial charge in [0.2, 0.25) is 0 Å². The second-order valence-corrected chi connectivity index (χ2v) is 5.06. The van der Waals surface area contributed by atoms with Gasteiger partial charge in [-0.1, -0.05) is 35.5 Å². The number of anilines is 1. The van der Waals surface area contributed by atoms with Crippen molar-refractivity contribution in [1.82, 2.24) is 5.16 Å². The molecule has 0 fully saturated rings. The van der Waals surface area contributed by atoms with Crippen LogP contribution >= 0.6 is 0 Å². The third-order valence-corrected chi connectivity index (χ3v) is 3.67. The van der Waals surface area contributed by atoms with Crippen LogP contribution in [0.1, 0.15) is 16.9 Å². The number of nitrogens with zero attached hydrogens (tertiary/aromatic N) is 3. The zero-order chi connectivity index (χ0) is 17.1. The summed E-state index contributed by atoms with van der Waals surface area (Å²) in [6.07, 6.45) is 0. The lowest BCUT2D eigenvalue weighted by atomic mass is 9.91. The minimum atomic E-state index is -0.299. The van der Waals surface area contributed by atoms with Crippen molar-refractivity contribution in [2.45, 2.75) is 6.61 Å². The number of aromatic nitrogens is 1. The van der Waals surface area contributed by atoms with E-state index in [0.29, 0.717) is 16.8 Å². The largest absolute Gasteiger partial charge is 0.397 e. The molecule has 0 aliphatic rings. The fourth-order valence-corrected chi connectivity index (χ4v) is 2.51. The summed E-state index contributed by atoms with van der Waals surface area (Å²) in [6.45, 7) is -0.299. The second kappa shape index (κ2) is 6.25. The van der Waals surface area contributed by atoms with Gasteiger partial charge in [-0.05, 0) is 11.6 Å². The fraction of sp³-hybridized carbons (Fsp3) is 0.0556. The van der Waals surface area contributed by atoms with Gasteiger partial charge in [0.05, 0.1) is 16.8 Å². The summed E-state index contributed by atoms with van der Waals surface area (Å²) in [5.41, 5.74) is 8.81. The van der Waals surface area contributed by atoms with E-state index in [-0.39, 0.29) is 29.2 Å². The standard InChI is InChI=1S/C18H12N4O2/c19-8-15-13(11-4-2-1-3-5-11)7-14(16(9-20)18(15)21)17-6-12(10-23)24-22-17/h1-7,23H,10,21H2.